The number of aromatic nitrogens is 4. The van der Waals surface area contributed by atoms with Gasteiger partial charge in [0.05, 0.1) is 11.7 Å². The van der Waals surface area contributed by atoms with Gasteiger partial charge < -0.3 is 0 Å². The normalized spacial score (nSPS) is 15.9. The zero-order valence-corrected chi connectivity index (χ0v) is 17.7. The monoisotopic (exact) mass is 409 g/mol. The Morgan fingerprint density at radius 1 is 1.11 bits per heavy atom. The fraction of sp³-hybridized carbons (Fsp3) is 0.611. The van der Waals surface area contributed by atoms with E-state index in [0.29, 0.717) is 5.69 Å². The van der Waals surface area contributed by atoms with Gasteiger partial charge in [-0.1, -0.05) is 33.6 Å². The number of hydrogen-bond acceptors (Lipinski definition) is 5. The lowest BCUT2D eigenvalue weighted by molar-refractivity contribution is 0.448. The lowest BCUT2D eigenvalue weighted by Crippen LogP contribution is -2.38. The van der Waals surface area contributed by atoms with Crippen LogP contribution in [-0.2, 0) is 29.5 Å². The van der Waals surface area contributed by atoms with Gasteiger partial charge in [0, 0.05) is 31.8 Å². The van der Waals surface area contributed by atoms with Crippen LogP contribution < -0.4 is 16.0 Å². The Morgan fingerprint density at radius 3 is 2.29 bits per heavy atom. The molecular weight excluding hydrogens is 382 g/mol. The maximum Gasteiger partial charge on any atom is 0.332 e. The third kappa shape index (κ3) is 3.65. The van der Waals surface area contributed by atoms with Crippen molar-refractivity contribution in [1.29, 1.82) is 0 Å². The molecule has 28 heavy (non-hydrogen) atoms. The van der Waals surface area contributed by atoms with Crippen LogP contribution in [0, 0.1) is 0 Å². The Bertz CT molecular complexity index is 1110. The zero-order valence-electron chi connectivity index (χ0n) is 16.9. The molecule has 3 rings (SSSR count). The Kier molecular flexibility index (Phi) is 5.03. The first-order valence-corrected chi connectivity index (χ1v) is 10.8. The van der Waals surface area contributed by atoms with E-state index < -0.39 is 26.7 Å². The first kappa shape index (κ1) is 20.4. The number of rotatable bonds is 4. The highest BCUT2D eigenvalue weighted by atomic mass is 32.2. The maximum atomic E-state index is 13.2. The molecule has 0 unspecified atom stereocenters. The van der Waals surface area contributed by atoms with Gasteiger partial charge in [0.15, 0.2) is 0 Å². The standard InChI is InChI=1S/C18H27N5O4S/c1-18(2,3)16-13(11-23(19-16)12-8-6-7-9-12)28(26,27)20-14-10-15(24)22(5)17(25)21(14)4/h10-12,20H,6-9H2,1-5H3. The number of nitrogens with one attached hydrogen (secondary N) is 1. The first-order valence-electron chi connectivity index (χ1n) is 9.31. The summed E-state index contributed by atoms with van der Waals surface area (Å²) in [6.07, 6.45) is 5.72. The van der Waals surface area contributed by atoms with Crippen molar-refractivity contribution in [2.45, 2.75) is 62.8 Å². The molecular formula is C18H27N5O4S. The second kappa shape index (κ2) is 6.91. The molecule has 0 bridgehead atoms. The molecule has 10 heteroatoms. The van der Waals surface area contributed by atoms with Gasteiger partial charge in [0.1, 0.15) is 10.7 Å². The first-order chi connectivity index (χ1) is 12.9. The molecule has 0 amide bonds. The number of hydrogen-bond donors (Lipinski definition) is 1. The molecule has 0 aliphatic heterocycles. The van der Waals surface area contributed by atoms with Crippen molar-refractivity contribution >= 4 is 15.8 Å². The van der Waals surface area contributed by atoms with Crippen LogP contribution in [-0.4, -0.2) is 27.3 Å². The average molecular weight is 410 g/mol. The molecule has 2 aromatic rings. The van der Waals surface area contributed by atoms with Crippen LogP contribution in [0.1, 0.15) is 58.2 Å². The summed E-state index contributed by atoms with van der Waals surface area (Å²) < 4.78 is 32.5. The van der Waals surface area contributed by atoms with Gasteiger partial charge in [-0.25, -0.2) is 13.2 Å². The third-order valence-electron chi connectivity index (χ3n) is 5.16. The molecule has 2 heterocycles. The summed E-state index contributed by atoms with van der Waals surface area (Å²) >= 11 is 0. The molecule has 9 nitrogen and oxygen atoms in total. The second-order valence-electron chi connectivity index (χ2n) is 8.38. The molecule has 2 aromatic heterocycles. The summed E-state index contributed by atoms with van der Waals surface area (Å²) in [6, 6.07) is 1.29. The molecule has 1 fully saturated rings. The minimum atomic E-state index is -4.05. The minimum absolute atomic E-state index is 0.0695. The highest BCUT2D eigenvalue weighted by Crippen LogP contribution is 2.34. The van der Waals surface area contributed by atoms with E-state index in [1.807, 2.05) is 20.8 Å². The summed E-state index contributed by atoms with van der Waals surface area (Å²) in [4.78, 5) is 24.1. The number of anilines is 1. The molecule has 1 N–H and O–H groups in total. The van der Waals surface area contributed by atoms with E-state index in [9.17, 15) is 18.0 Å². The lowest BCUT2D eigenvalue weighted by Gasteiger charge is -2.18. The Labute approximate surface area is 164 Å². The molecule has 1 aliphatic carbocycles. The second-order valence-corrected chi connectivity index (χ2v) is 10.0. The predicted octanol–water partition coefficient (Wildman–Crippen LogP) is 1.49. The Morgan fingerprint density at radius 2 is 1.71 bits per heavy atom. The molecule has 0 saturated heterocycles. The summed E-state index contributed by atoms with van der Waals surface area (Å²) in [5, 5.41) is 4.61. The van der Waals surface area contributed by atoms with Crippen LogP contribution in [0.3, 0.4) is 0 Å². The van der Waals surface area contributed by atoms with Gasteiger partial charge in [-0.15, -0.1) is 0 Å². The summed E-state index contributed by atoms with van der Waals surface area (Å²) in [5.74, 6) is -0.0819. The van der Waals surface area contributed by atoms with Crippen LogP contribution in [0.15, 0.2) is 26.7 Å². The fourth-order valence-corrected chi connectivity index (χ4v) is 4.90. The highest BCUT2D eigenvalue weighted by molar-refractivity contribution is 7.92. The van der Waals surface area contributed by atoms with Crippen molar-refractivity contribution < 1.29 is 8.42 Å². The smallest absolute Gasteiger partial charge is 0.282 e. The van der Waals surface area contributed by atoms with E-state index in [1.54, 1.807) is 10.9 Å². The molecule has 0 atom stereocenters. The van der Waals surface area contributed by atoms with Gasteiger partial charge in [-0.05, 0) is 12.8 Å². The van der Waals surface area contributed by atoms with Crippen molar-refractivity contribution in [2.24, 2.45) is 14.1 Å². The van der Waals surface area contributed by atoms with Crippen LogP contribution in [0.2, 0.25) is 0 Å². The molecule has 0 radical (unpaired) electrons. The number of nitrogens with zero attached hydrogens (tertiary/aromatic N) is 4. The van der Waals surface area contributed by atoms with Crippen molar-refractivity contribution in [3.05, 3.63) is 38.8 Å². The van der Waals surface area contributed by atoms with Gasteiger partial charge in [-0.3, -0.25) is 23.3 Å². The SMILES string of the molecule is Cn1c(NS(=O)(=O)c2cn(C3CCCC3)nc2C(C)(C)C)cc(=O)n(C)c1=O. The topological polar surface area (TPSA) is 108 Å². The van der Waals surface area contributed by atoms with Crippen molar-refractivity contribution in [2.75, 3.05) is 4.72 Å². The zero-order chi connectivity index (χ0) is 20.9. The summed E-state index contributed by atoms with van der Waals surface area (Å²) in [5.41, 5.74) is -1.23. The maximum absolute atomic E-state index is 13.2. The van der Waals surface area contributed by atoms with E-state index in [2.05, 4.69) is 9.82 Å². The minimum Gasteiger partial charge on any atom is -0.282 e. The Balaban J connectivity index is 2.09. The average Bonchev–Trinajstić information content (AvgIpc) is 3.26. The van der Waals surface area contributed by atoms with E-state index in [4.69, 9.17) is 0 Å². The van der Waals surface area contributed by atoms with Crippen LogP contribution in [0.25, 0.3) is 0 Å². The van der Waals surface area contributed by atoms with Crippen LogP contribution in [0.4, 0.5) is 5.82 Å². The van der Waals surface area contributed by atoms with Gasteiger partial charge in [0.2, 0.25) is 0 Å². The fourth-order valence-electron chi connectivity index (χ4n) is 3.47. The quantitative estimate of drug-likeness (QED) is 0.823. The van der Waals surface area contributed by atoms with Crippen LogP contribution >= 0.6 is 0 Å². The Hall–Kier alpha value is -2.36. The number of sulfonamides is 1. The lowest BCUT2D eigenvalue weighted by atomic mass is 9.92. The van der Waals surface area contributed by atoms with E-state index in [1.165, 1.54) is 14.1 Å². The predicted molar refractivity (Wildman–Crippen MR) is 106 cm³/mol. The van der Waals surface area contributed by atoms with Gasteiger partial charge in [0.25, 0.3) is 15.6 Å². The molecule has 0 spiro atoms. The van der Waals surface area contributed by atoms with Crippen LogP contribution in [0.5, 0.6) is 0 Å². The third-order valence-corrected chi connectivity index (χ3v) is 6.52. The highest BCUT2D eigenvalue weighted by Gasteiger charge is 2.32. The molecule has 0 aromatic carbocycles. The van der Waals surface area contributed by atoms with Crippen molar-refractivity contribution in [3.63, 3.8) is 0 Å². The largest absolute Gasteiger partial charge is 0.332 e. The van der Waals surface area contributed by atoms with Crippen molar-refractivity contribution in [1.82, 2.24) is 18.9 Å². The summed E-state index contributed by atoms with van der Waals surface area (Å²) in [6.45, 7) is 5.71. The summed E-state index contributed by atoms with van der Waals surface area (Å²) in [7, 11) is -1.30. The molecule has 1 saturated carbocycles. The molecule has 154 valence electrons. The van der Waals surface area contributed by atoms with E-state index in [0.717, 1.165) is 40.9 Å². The molecule has 1 aliphatic rings. The van der Waals surface area contributed by atoms with Gasteiger partial charge >= 0.3 is 5.69 Å². The van der Waals surface area contributed by atoms with E-state index in [-0.39, 0.29) is 16.8 Å². The van der Waals surface area contributed by atoms with Crippen molar-refractivity contribution in [3.8, 4) is 0 Å². The van der Waals surface area contributed by atoms with E-state index >= 15 is 0 Å². The van der Waals surface area contributed by atoms with Gasteiger partial charge in [-0.2, -0.15) is 5.10 Å².